The number of aromatic amines is 1. The summed E-state index contributed by atoms with van der Waals surface area (Å²) in [5.41, 5.74) is 2.70. The van der Waals surface area contributed by atoms with Gasteiger partial charge in [-0.05, 0) is 30.9 Å². The van der Waals surface area contributed by atoms with Crippen molar-refractivity contribution in [1.82, 2.24) is 15.2 Å². The van der Waals surface area contributed by atoms with Crippen molar-refractivity contribution in [2.45, 2.75) is 26.2 Å². The molecule has 2 radical (unpaired) electrons. The van der Waals surface area contributed by atoms with Gasteiger partial charge in [0.15, 0.2) is 13.7 Å². The fourth-order valence-electron chi connectivity index (χ4n) is 1.66. The fourth-order valence-corrected chi connectivity index (χ4v) is 1.66. The first kappa shape index (κ1) is 10.9. The Morgan fingerprint density at radius 3 is 3.00 bits per heavy atom. The monoisotopic (exact) mass is 211 g/mol. The Morgan fingerprint density at radius 1 is 1.44 bits per heavy atom. The molecule has 2 rings (SSSR count). The van der Waals surface area contributed by atoms with Crippen LogP contribution in [0.2, 0.25) is 0 Å². The second kappa shape index (κ2) is 4.97. The van der Waals surface area contributed by atoms with E-state index in [4.69, 9.17) is 7.85 Å². The highest BCUT2D eigenvalue weighted by Gasteiger charge is 2.06. The molecule has 16 heavy (non-hydrogen) atoms. The van der Waals surface area contributed by atoms with Crippen LogP contribution in [0.4, 0.5) is 0 Å². The summed E-state index contributed by atoms with van der Waals surface area (Å²) in [6.07, 6.45) is 11.7. The summed E-state index contributed by atoms with van der Waals surface area (Å²) < 4.78 is 0. The molecular weight excluding hydrogens is 197 g/mol. The lowest BCUT2D eigenvalue weighted by molar-refractivity contribution is 1.03. The summed E-state index contributed by atoms with van der Waals surface area (Å²) in [4.78, 5) is 4.15. The second-order valence-corrected chi connectivity index (χ2v) is 3.76. The molecule has 80 valence electrons. The fraction of sp³-hybridized carbons (Fsp3) is 0.333. The first-order chi connectivity index (χ1) is 7.79. The molecule has 0 spiro atoms. The van der Waals surface area contributed by atoms with E-state index in [-0.39, 0.29) is 0 Å². The lowest BCUT2D eigenvalue weighted by Gasteiger charge is -2.04. The van der Waals surface area contributed by atoms with Gasteiger partial charge in [-0.15, -0.1) is 0 Å². The average Bonchev–Trinajstić information content (AvgIpc) is 2.65. The minimum atomic E-state index is 0.361. The Bertz CT molecular complexity index is 455. The number of nitrogens with zero attached hydrogens (tertiary/aromatic N) is 2. The van der Waals surface area contributed by atoms with Crippen LogP contribution in [0, 0.1) is 0 Å². The molecule has 1 aliphatic carbocycles. The SMILES string of the molecule is [B]c1nc(C2=CCC/C=C\C(CC)=C2)n[nH]1. The van der Waals surface area contributed by atoms with Gasteiger partial charge in [-0.25, -0.2) is 4.98 Å². The third kappa shape index (κ3) is 2.51. The van der Waals surface area contributed by atoms with E-state index in [1.54, 1.807) is 0 Å². The van der Waals surface area contributed by atoms with Crippen molar-refractivity contribution in [2.75, 3.05) is 0 Å². The molecule has 1 heterocycles. The van der Waals surface area contributed by atoms with Crippen molar-refractivity contribution in [1.29, 1.82) is 0 Å². The molecule has 0 aromatic carbocycles. The van der Waals surface area contributed by atoms with Crippen LogP contribution in [-0.4, -0.2) is 23.0 Å². The van der Waals surface area contributed by atoms with E-state index in [0.29, 0.717) is 11.5 Å². The zero-order valence-electron chi connectivity index (χ0n) is 9.40. The van der Waals surface area contributed by atoms with Gasteiger partial charge in [-0.2, -0.15) is 5.10 Å². The molecular formula is C12H14BN3. The molecule has 0 amide bonds. The van der Waals surface area contributed by atoms with Gasteiger partial charge in [-0.1, -0.05) is 25.2 Å². The van der Waals surface area contributed by atoms with Crippen LogP contribution in [0.15, 0.2) is 29.9 Å². The minimum absolute atomic E-state index is 0.361. The van der Waals surface area contributed by atoms with Crippen LogP contribution in [-0.2, 0) is 0 Å². The smallest absolute Gasteiger partial charge is 0.179 e. The van der Waals surface area contributed by atoms with Crippen molar-refractivity contribution < 1.29 is 0 Å². The number of H-pyrrole nitrogens is 1. The highest BCUT2D eigenvalue weighted by Crippen LogP contribution is 2.19. The predicted molar refractivity (Wildman–Crippen MR) is 66.5 cm³/mol. The molecule has 0 bridgehead atoms. The molecule has 0 saturated carbocycles. The van der Waals surface area contributed by atoms with E-state index in [1.165, 1.54) is 5.57 Å². The van der Waals surface area contributed by atoms with Crippen molar-refractivity contribution in [3.63, 3.8) is 0 Å². The van der Waals surface area contributed by atoms with Crippen LogP contribution >= 0.6 is 0 Å². The zero-order chi connectivity index (χ0) is 11.4. The molecule has 4 heteroatoms. The lowest BCUT2D eigenvalue weighted by Crippen LogP contribution is -2.06. The quantitative estimate of drug-likeness (QED) is 0.756. The van der Waals surface area contributed by atoms with Gasteiger partial charge < -0.3 is 0 Å². The van der Waals surface area contributed by atoms with Crippen molar-refractivity contribution in [2.24, 2.45) is 0 Å². The van der Waals surface area contributed by atoms with Crippen molar-refractivity contribution >= 4 is 19.1 Å². The van der Waals surface area contributed by atoms with Gasteiger partial charge in [0, 0.05) is 5.57 Å². The number of hydrogen-bond donors (Lipinski definition) is 1. The third-order valence-corrected chi connectivity index (χ3v) is 2.54. The minimum Gasteiger partial charge on any atom is -0.273 e. The molecule has 0 aliphatic heterocycles. The summed E-state index contributed by atoms with van der Waals surface area (Å²) in [5, 5.41) is 6.75. The highest BCUT2D eigenvalue weighted by molar-refractivity contribution is 6.28. The second-order valence-electron chi connectivity index (χ2n) is 3.76. The Hall–Kier alpha value is -1.58. The highest BCUT2D eigenvalue weighted by atomic mass is 15.2. The van der Waals surface area contributed by atoms with Crippen LogP contribution in [0.5, 0.6) is 0 Å². The molecule has 1 aliphatic rings. The molecule has 1 aromatic rings. The van der Waals surface area contributed by atoms with Crippen LogP contribution in [0.1, 0.15) is 32.0 Å². The van der Waals surface area contributed by atoms with Gasteiger partial charge in [0.1, 0.15) is 0 Å². The van der Waals surface area contributed by atoms with Gasteiger partial charge in [0.2, 0.25) is 0 Å². The Balaban J connectivity index is 2.34. The zero-order valence-corrected chi connectivity index (χ0v) is 9.40. The third-order valence-electron chi connectivity index (χ3n) is 2.54. The number of hydrogen-bond acceptors (Lipinski definition) is 2. The van der Waals surface area contributed by atoms with Gasteiger partial charge in [0.25, 0.3) is 0 Å². The molecule has 1 aromatic heterocycles. The van der Waals surface area contributed by atoms with Gasteiger partial charge in [0.05, 0.1) is 5.72 Å². The summed E-state index contributed by atoms with van der Waals surface area (Å²) in [6, 6.07) is 0. The number of nitrogens with one attached hydrogen (secondary N) is 1. The lowest BCUT2D eigenvalue weighted by atomic mass is 10.0. The van der Waals surface area contributed by atoms with Gasteiger partial charge >= 0.3 is 0 Å². The largest absolute Gasteiger partial charge is 0.273 e. The number of rotatable bonds is 2. The normalized spacial score (nSPS) is 18.3. The summed E-state index contributed by atoms with van der Waals surface area (Å²) in [5.74, 6) is 0.679. The molecule has 0 atom stereocenters. The summed E-state index contributed by atoms with van der Waals surface area (Å²) >= 11 is 0. The summed E-state index contributed by atoms with van der Waals surface area (Å²) in [7, 11) is 5.53. The molecule has 0 unspecified atom stereocenters. The molecule has 3 nitrogen and oxygen atoms in total. The standard InChI is InChI=1S/C12H14BN3/c1-2-9-6-4-3-5-7-10(8-9)11-14-12(13)16-15-11/h4,6-8H,2-3,5H2,1H3,(H,14,15,16)/b6-4-,9-8?,10-7?. The maximum Gasteiger partial charge on any atom is 0.179 e. The maximum atomic E-state index is 5.53. The average molecular weight is 211 g/mol. The van der Waals surface area contributed by atoms with Crippen molar-refractivity contribution in [3.05, 3.63) is 35.7 Å². The predicted octanol–water partition coefficient (Wildman–Crippen LogP) is 1.67. The Morgan fingerprint density at radius 2 is 2.31 bits per heavy atom. The first-order valence-corrected chi connectivity index (χ1v) is 5.55. The van der Waals surface area contributed by atoms with Crippen LogP contribution < -0.4 is 5.72 Å². The molecule has 1 N–H and O–H groups in total. The van der Waals surface area contributed by atoms with E-state index >= 15 is 0 Å². The van der Waals surface area contributed by atoms with E-state index in [0.717, 1.165) is 24.8 Å². The number of aromatic nitrogens is 3. The number of allylic oxidation sites excluding steroid dienone is 6. The van der Waals surface area contributed by atoms with Crippen LogP contribution in [0.3, 0.4) is 0 Å². The first-order valence-electron chi connectivity index (χ1n) is 5.55. The molecule has 0 fully saturated rings. The van der Waals surface area contributed by atoms with Gasteiger partial charge in [-0.3, -0.25) is 5.10 Å². The topological polar surface area (TPSA) is 41.6 Å². The van der Waals surface area contributed by atoms with Crippen LogP contribution in [0.25, 0.3) is 5.57 Å². The van der Waals surface area contributed by atoms with E-state index in [9.17, 15) is 0 Å². The van der Waals surface area contributed by atoms with E-state index in [2.05, 4.69) is 46.4 Å². The van der Waals surface area contributed by atoms with E-state index in [1.807, 2.05) is 0 Å². The van der Waals surface area contributed by atoms with Crippen molar-refractivity contribution in [3.8, 4) is 0 Å². The summed E-state index contributed by atoms with van der Waals surface area (Å²) in [6.45, 7) is 2.14. The Kier molecular flexibility index (Phi) is 3.39. The van der Waals surface area contributed by atoms with E-state index < -0.39 is 0 Å². The maximum absolute atomic E-state index is 5.53. The molecule has 0 saturated heterocycles. The Labute approximate surface area is 96.8 Å².